The topological polar surface area (TPSA) is 72.5 Å². The monoisotopic (exact) mass is 744 g/mol. The predicted octanol–water partition coefficient (Wildman–Crippen LogP) is 8.74. The molecule has 0 aliphatic carbocycles. The SMILES string of the molecule is O=C[C@@]12CO[C@@](c3ccc(Cl)c(Cc4ccc(OC(F)(F)F)cc4)c3)(O1)[C@H](OCc1ccccc1)[C@@H](OCc1ccccc1)[C@@H]2OCc1ccccc1. The Morgan fingerprint density at radius 3 is 1.79 bits per heavy atom. The van der Waals surface area contributed by atoms with Gasteiger partial charge in [0.1, 0.15) is 24.1 Å². The second kappa shape index (κ2) is 15.8. The highest BCUT2D eigenvalue weighted by molar-refractivity contribution is 6.31. The van der Waals surface area contributed by atoms with E-state index in [-0.39, 0.29) is 38.6 Å². The van der Waals surface area contributed by atoms with Gasteiger partial charge in [0.15, 0.2) is 11.9 Å². The summed E-state index contributed by atoms with van der Waals surface area (Å²) < 4.78 is 75.8. The van der Waals surface area contributed by atoms with Crippen LogP contribution in [0.1, 0.15) is 33.4 Å². The fourth-order valence-corrected chi connectivity index (χ4v) is 6.97. The Morgan fingerprint density at radius 1 is 0.698 bits per heavy atom. The average molecular weight is 745 g/mol. The first-order valence-electron chi connectivity index (χ1n) is 17.1. The molecule has 2 saturated heterocycles. The molecule has 0 radical (unpaired) electrons. The number of carbonyl (C=O) groups is 1. The minimum Gasteiger partial charge on any atom is -0.406 e. The molecule has 5 aromatic rings. The molecule has 0 spiro atoms. The van der Waals surface area contributed by atoms with E-state index < -0.39 is 36.1 Å². The molecule has 2 aliphatic heterocycles. The summed E-state index contributed by atoms with van der Waals surface area (Å²) in [5.41, 5.74) is 2.97. The van der Waals surface area contributed by atoms with Crippen molar-refractivity contribution in [2.75, 3.05) is 6.61 Å². The Labute approximate surface area is 310 Å². The minimum absolute atomic E-state index is 0.148. The van der Waals surface area contributed by atoms with Gasteiger partial charge in [-0.25, -0.2) is 0 Å². The first-order chi connectivity index (χ1) is 25.7. The lowest BCUT2D eigenvalue weighted by Gasteiger charge is -2.49. The van der Waals surface area contributed by atoms with E-state index in [0.717, 1.165) is 23.0 Å². The molecule has 2 aliphatic rings. The van der Waals surface area contributed by atoms with Gasteiger partial charge >= 0.3 is 6.36 Å². The number of rotatable bonds is 14. The van der Waals surface area contributed by atoms with Gasteiger partial charge in [-0.15, -0.1) is 13.2 Å². The van der Waals surface area contributed by atoms with Gasteiger partial charge in [-0.05, 0) is 58.5 Å². The van der Waals surface area contributed by atoms with Gasteiger partial charge in [-0.2, -0.15) is 0 Å². The highest BCUT2D eigenvalue weighted by atomic mass is 35.5. The third-order valence-electron chi connectivity index (χ3n) is 9.34. The number of alkyl halides is 3. The molecular formula is C42H36ClF3O7. The zero-order valence-electron chi connectivity index (χ0n) is 28.4. The van der Waals surface area contributed by atoms with Crippen LogP contribution in [-0.4, -0.2) is 43.2 Å². The molecule has 2 fully saturated rings. The maximum atomic E-state index is 13.2. The Morgan fingerprint density at radius 2 is 1.25 bits per heavy atom. The van der Waals surface area contributed by atoms with Crippen LogP contribution in [0.25, 0.3) is 0 Å². The van der Waals surface area contributed by atoms with E-state index >= 15 is 0 Å². The number of aldehydes is 1. The second-order valence-electron chi connectivity index (χ2n) is 13.0. The first-order valence-corrected chi connectivity index (χ1v) is 17.4. The third kappa shape index (κ3) is 8.33. The van der Waals surface area contributed by atoms with Crippen molar-refractivity contribution in [2.45, 2.75) is 62.3 Å². The molecule has 5 atom stereocenters. The Kier molecular flexibility index (Phi) is 11.0. The minimum atomic E-state index is -4.80. The van der Waals surface area contributed by atoms with Crippen LogP contribution in [0.5, 0.6) is 5.75 Å². The van der Waals surface area contributed by atoms with E-state index in [4.69, 9.17) is 35.3 Å². The van der Waals surface area contributed by atoms with Gasteiger partial charge in [0.25, 0.3) is 0 Å². The molecule has 0 unspecified atom stereocenters. The Balaban J connectivity index is 1.27. The summed E-state index contributed by atoms with van der Waals surface area (Å²) in [4.78, 5) is 13.2. The number of benzene rings is 5. The maximum absolute atomic E-state index is 13.2. The summed E-state index contributed by atoms with van der Waals surface area (Å²) >= 11 is 6.72. The molecule has 7 nitrogen and oxygen atoms in total. The number of ether oxygens (including phenoxy) is 6. The molecule has 0 aromatic heterocycles. The summed E-state index contributed by atoms with van der Waals surface area (Å²) in [5.74, 6) is -1.97. The lowest BCUT2D eigenvalue weighted by Crippen LogP contribution is -2.67. The van der Waals surface area contributed by atoms with E-state index in [1.54, 1.807) is 12.1 Å². The van der Waals surface area contributed by atoms with Crippen molar-refractivity contribution < 1.29 is 46.4 Å². The van der Waals surface area contributed by atoms with Crippen molar-refractivity contribution in [3.8, 4) is 5.75 Å². The third-order valence-corrected chi connectivity index (χ3v) is 9.70. The van der Waals surface area contributed by atoms with Gasteiger partial charge in [-0.1, -0.05) is 121 Å². The smallest absolute Gasteiger partial charge is 0.406 e. The van der Waals surface area contributed by atoms with Gasteiger partial charge < -0.3 is 28.4 Å². The van der Waals surface area contributed by atoms with Crippen molar-refractivity contribution >= 4 is 17.9 Å². The molecule has 5 aromatic carbocycles. The van der Waals surface area contributed by atoms with Crippen molar-refractivity contribution in [2.24, 2.45) is 0 Å². The molecule has 0 saturated carbocycles. The van der Waals surface area contributed by atoms with Gasteiger partial charge in [0.2, 0.25) is 5.79 Å². The van der Waals surface area contributed by atoms with E-state index in [1.165, 1.54) is 24.3 Å². The molecule has 0 amide bonds. The Hall–Kier alpha value is -4.55. The van der Waals surface area contributed by atoms with Gasteiger partial charge in [0.05, 0.1) is 26.4 Å². The van der Waals surface area contributed by atoms with E-state index in [1.807, 2.05) is 97.1 Å². The number of carbonyl (C=O) groups excluding carboxylic acids is 1. The first kappa shape index (κ1) is 36.8. The van der Waals surface area contributed by atoms with E-state index in [0.29, 0.717) is 21.7 Å². The van der Waals surface area contributed by atoms with Crippen LogP contribution in [0, 0.1) is 0 Å². The summed E-state index contributed by atoms with van der Waals surface area (Å²) in [6.07, 6.45) is -6.59. The van der Waals surface area contributed by atoms with Crippen LogP contribution in [0.2, 0.25) is 5.02 Å². The van der Waals surface area contributed by atoms with Crippen LogP contribution in [-0.2, 0) is 60.5 Å². The molecule has 2 bridgehead atoms. The lowest BCUT2D eigenvalue weighted by atomic mass is 9.83. The van der Waals surface area contributed by atoms with Crippen LogP contribution >= 0.6 is 11.6 Å². The largest absolute Gasteiger partial charge is 0.573 e. The molecule has 11 heteroatoms. The summed E-state index contributed by atoms with van der Waals surface area (Å²) in [6, 6.07) is 39.7. The number of halogens is 4. The molecule has 7 rings (SSSR count). The van der Waals surface area contributed by atoms with Crippen LogP contribution in [0.4, 0.5) is 13.2 Å². The number of hydrogen-bond donors (Lipinski definition) is 0. The van der Waals surface area contributed by atoms with Crippen LogP contribution in [0.15, 0.2) is 133 Å². The fourth-order valence-electron chi connectivity index (χ4n) is 6.78. The standard InChI is InChI=1S/C42H36ClF3O7/c43-36-21-18-34(23-33(36)22-29-16-19-35(20-17-29)52-42(44,45)46)41-39(50-26-32-14-8-3-9-15-32)37(48-24-30-10-4-1-5-11-30)38(40(27-47,53-41)28-51-41)49-25-31-12-6-2-7-13-31/h1-21,23,27,37-39H,22,24-26,28H2/t37-,38-,39+,40-,41-/m0/s1. The van der Waals surface area contributed by atoms with Crippen molar-refractivity contribution in [3.05, 3.63) is 172 Å². The van der Waals surface area contributed by atoms with Crippen LogP contribution < -0.4 is 4.74 Å². The highest BCUT2D eigenvalue weighted by Crippen LogP contribution is 2.52. The Bertz CT molecular complexity index is 1960. The normalized spacial score (nSPS) is 23.8. The van der Waals surface area contributed by atoms with E-state index in [2.05, 4.69) is 4.74 Å². The summed E-state index contributed by atoms with van der Waals surface area (Å²) in [6.45, 7) is 0.376. The van der Waals surface area contributed by atoms with Crippen molar-refractivity contribution in [3.63, 3.8) is 0 Å². The molecular weight excluding hydrogens is 709 g/mol. The fraction of sp³-hybridized carbons (Fsp3) is 0.262. The molecule has 274 valence electrons. The molecule has 2 heterocycles. The predicted molar refractivity (Wildman–Crippen MR) is 190 cm³/mol. The van der Waals surface area contributed by atoms with Crippen molar-refractivity contribution in [1.82, 2.24) is 0 Å². The lowest BCUT2D eigenvalue weighted by molar-refractivity contribution is -0.341. The maximum Gasteiger partial charge on any atom is 0.573 e. The summed E-state index contributed by atoms with van der Waals surface area (Å²) in [7, 11) is 0. The van der Waals surface area contributed by atoms with Gasteiger partial charge in [0, 0.05) is 10.6 Å². The quantitative estimate of drug-likeness (QED) is 0.105. The highest BCUT2D eigenvalue weighted by Gasteiger charge is 2.69. The average Bonchev–Trinajstić information content (AvgIpc) is 3.53. The zero-order valence-corrected chi connectivity index (χ0v) is 29.2. The van der Waals surface area contributed by atoms with Gasteiger partial charge in [-0.3, -0.25) is 4.79 Å². The number of hydrogen-bond acceptors (Lipinski definition) is 7. The second-order valence-corrected chi connectivity index (χ2v) is 13.4. The molecule has 53 heavy (non-hydrogen) atoms. The zero-order chi connectivity index (χ0) is 36.9. The van der Waals surface area contributed by atoms with Crippen molar-refractivity contribution in [1.29, 1.82) is 0 Å². The van der Waals surface area contributed by atoms with Crippen LogP contribution in [0.3, 0.4) is 0 Å². The summed E-state index contributed by atoms with van der Waals surface area (Å²) in [5, 5.41) is 0.416. The van der Waals surface area contributed by atoms with E-state index in [9.17, 15) is 18.0 Å². The molecule has 0 N–H and O–H groups in total. The number of fused-ring (bicyclic) bond motifs is 2.